The van der Waals surface area contributed by atoms with Gasteiger partial charge in [0.05, 0.1) is 12.1 Å². The molecular weight excluding hydrogens is 338 g/mol. The molecule has 0 radical (unpaired) electrons. The number of carbonyl (C=O) groups is 2. The molecule has 6 heteroatoms. The van der Waals surface area contributed by atoms with E-state index in [9.17, 15) is 9.59 Å². The Balaban J connectivity index is 1.95. The van der Waals surface area contributed by atoms with Crippen molar-refractivity contribution in [3.8, 4) is 11.8 Å². The molecule has 4 N–H and O–H groups in total. The van der Waals surface area contributed by atoms with Crippen molar-refractivity contribution in [1.82, 2.24) is 5.32 Å². The second-order valence-corrected chi connectivity index (χ2v) is 5.62. The molecule has 2 amide bonds. The van der Waals surface area contributed by atoms with Gasteiger partial charge in [0.1, 0.15) is 0 Å². The van der Waals surface area contributed by atoms with Crippen molar-refractivity contribution in [2.75, 3.05) is 18.4 Å². The number of nitrogens with one attached hydrogen (secondary N) is 2. The summed E-state index contributed by atoms with van der Waals surface area (Å²) >= 11 is 5.83. The Morgan fingerprint density at radius 2 is 1.80 bits per heavy atom. The van der Waals surface area contributed by atoms with Crippen molar-refractivity contribution in [2.24, 2.45) is 5.73 Å². The minimum Gasteiger partial charge on any atom is -0.373 e. The average molecular weight is 356 g/mol. The molecule has 0 saturated carbocycles. The molecule has 0 fully saturated rings. The van der Waals surface area contributed by atoms with E-state index in [1.165, 1.54) is 0 Å². The van der Waals surface area contributed by atoms with Crippen molar-refractivity contribution >= 4 is 29.1 Å². The van der Waals surface area contributed by atoms with Gasteiger partial charge in [0.25, 0.3) is 5.91 Å². The van der Waals surface area contributed by atoms with Gasteiger partial charge in [-0.05, 0) is 36.4 Å². The van der Waals surface area contributed by atoms with Crippen LogP contribution in [-0.2, 0) is 4.79 Å². The van der Waals surface area contributed by atoms with E-state index in [0.29, 0.717) is 22.8 Å². The minimum atomic E-state index is -0.454. The lowest BCUT2D eigenvalue weighted by Gasteiger charge is -2.10. The number of anilines is 1. The number of nitrogens with two attached hydrogens (primary N) is 1. The fourth-order valence-corrected chi connectivity index (χ4v) is 2.17. The monoisotopic (exact) mass is 355 g/mol. The van der Waals surface area contributed by atoms with Crippen LogP contribution in [0.1, 0.15) is 22.3 Å². The Bertz CT molecular complexity index is 807. The molecule has 0 unspecified atom stereocenters. The third-order valence-electron chi connectivity index (χ3n) is 3.27. The van der Waals surface area contributed by atoms with Gasteiger partial charge in [-0.25, -0.2) is 0 Å². The number of hydrogen-bond acceptors (Lipinski definition) is 3. The van der Waals surface area contributed by atoms with Crippen LogP contribution in [0.5, 0.6) is 0 Å². The van der Waals surface area contributed by atoms with E-state index >= 15 is 0 Å². The van der Waals surface area contributed by atoms with Crippen LogP contribution in [-0.4, -0.2) is 24.9 Å². The molecule has 0 aliphatic carbocycles. The first-order chi connectivity index (χ1) is 12.1. The topological polar surface area (TPSA) is 84.2 Å². The Morgan fingerprint density at radius 1 is 1.08 bits per heavy atom. The highest BCUT2D eigenvalue weighted by atomic mass is 35.5. The Kier molecular flexibility index (Phi) is 6.87. The first-order valence-corrected chi connectivity index (χ1v) is 8.08. The van der Waals surface area contributed by atoms with Gasteiger partial charge in [-0.2, -0.15) is 0 Å². The maximum atomic E-state index is 12.2. The number of primary amides is 1. The van der Waals surface area contributed by atoms with E-state index < -0.39 is 5.91 Å². The highest BCUT2D eigenvalue weighted by Gasteiger charge is 2.10. The van der Waals surface area contributed by atoms with Crippen LogP contribution in [0.25, 0.3) is 0 Å². The number of hydrogen-bond donors (Lipinski definition) is 3. The van der Waals surface area contributed by atoms with Crippen molar-refractivity contribution in [3.05, 3.63) is 64.7 Å². The van der Waals surface area contributed by atoms with Gasteiger partial charge in [0, 0.05) is 29.2 Å². The molecule has 0 saturated heterocycles. The molecule has 0 atom stereocenters. The van der Waals surface area contributed by atoms with Crippen LogP contribution in [0, 0.1) is 11.8 Å². The summed E-state index contributed by atoms with van der Waals surface area (Å²) in [6.45, 7) is 0.590. The predicted octanol–water partition coefficient (Wildman–Crippen LogP) is 2.41. The lowest BCUT2D eigenvalue weighted by molar-refractivity contribution is -0.117. The average Bonchev–Trinajstić information content (AvgIpc) is 2.60. The summed E-state index contributed by atoms with van der Waals surface area (Å²) in [7, 11) is 0. The quantitative estimate of drug-likeness (QED) is 0.696. The Morgan fingerprint density at radius 3 is 2.52 bits per heavy atom. The third kappa shape index (κ3) is 6.21. The van der Waals surface area contributed by atoms with E-state index in [2.05, 4.69) is 22.5 Å². The van der Waals surface area contributed by atoms with Crippen LogP contribution in [0.2, 0.25) is 5.02 Å². The standard InChI is InChI=1S/C19H18ClN3O2/c20-15-9-7-14(8-10-15)4-3-12-22-17-6-2-1-5-16(17)19(25)23-13-11-18(21)24/h1-2,5-10,22H,11-13H2,(H2,21,24)(H,23,25). The molecule has 0 heterocycles. The van der Waals surface area contributed by atoms with Crippen molar-refractivity contribution < 1.29 is 9.59 Å². The van der Waals surface area contributed by atoms with Crippen LogP contribution >= 0.6 is 11.6 Å². The van der Waals surface area contributed by atoms with Gasteiger partial charge in [-0.3, -0.25) is 9.59 Å². The van der Waals surface area contributed by atoms with Crippen molar-refractivity contribution in [1.29, 1.82) is 0 Å². The van der Waals surface area contributed by atoms with Gasteiger partial charge >= 0.3 is 0 Å². The molecule has 2 aromatic rings. The summed E-state index contributed by atoms with van der Waals surface area (Å²) in [4.78, 5) is 22.9. The highest BCUT2D eigenvalue weighted by molar-refractivity contribution is 6.30. The second-order valence-electron chi connectivity index (χ2n) is 5.18. The summed E-state index contributed by atoms with van der Waals surface area (Å²) in [6, 6.07) is 14.4. The summed E-state index contributed by atoms with van der Waals surface area (Å²) in [5, 5.41) is 6.45. The number of rotatable bonds is 6. The number of para-hydroxylation sites is 1. The van der Waals surface area contributed by atoms with Gasteiger partial charge in [0.15, 0.2) is 0 Å². The fourth-order valence-electron chi connectivity index (χ4n) is 2.05. The molecule has 0 bridgehead atoms. The molecular formula is C19H18ClN3O2. The zero-order chi connectivity index (χ0) is 18.1. The largest absolute Gasteiger partial charge is 0.373 e. The van der Waals surface area contributed by atoms with Gasteiger partial charge in [-0.1, -0.05) is 35.6 Å². The minimum absolute atomic E-state index is 0.105. The number of benzene rings is 2. The maximum absolute atomic E-state index is 12.2. The molecule has 5 nitrogen and oxygen atoms in total. The van der Waals surface area contributed by atoms with E-state index in [-0.39, 0.29) is 18.9 Å². The zero-order valence-electron chi connectivity index (χ0n) is 13.5. The Hall–Kier alpha value is -2.97. The number of halogens is 1. The van der Waals surface area contributed by atoms with Crippen LogP contribution in [0.15, 0.2) is 48.5 Å². The Labute approximate surface area is 151 Å². The molecule has 0 aromatic heterocycles. The molecule has 2 aromatic carbocycles. The van der Waals surface area contributed by atoms with Gasteiger partial charge in [0.2, 0.25) is 5.91 Å². The SMILES string of the molecule is NC(=O)CCNC(=O)c1ccccc1NCC#Cc1ccc(Cl)cc1. The summed E-state index contributed by atoms with van der Waals surface area (Å²) in [5.74, 6) is 5.29. The fraction of sp³-hybridized carbons (Fsp3) is 0.158. The molecule has 2 rings (SSSR count). The zero-order valence-corrected chi connectivity index (χ0v) is 14.3. The van der Waals surface area contributed by atoms with Crippen molar-refractivity contribution in [3.63, 3.8) is 0 Å². The van der Waals surface area contributed by atoms with E-state index in [1.54, 1.807) is 30.3 Å². The summed E-state index contributed by atoms with van der Waals surface area (Å²) < 4.78 is 0. The van der Waals surface area contributed by atoms with Crippen LogP contribution in [0.4, 0.5) is 5.69 Å². The summed E-state index contributed by atoms with van der Waals surface area (Å²) in [6.07, 6.45) is 0.105. The molecule has 25 heavy (non-hydrogen) atoms. The number of amides is 2. The predicted molar refractivity (Wildman–Crippen MR) is 99.4 cm³/mol. The molecule has 0 spiro atoms. The van der Waals surface area contributed by atoms with Crippen LogP contribution in [0.3, 0.4) is 0 Å². The maximum Gasteiger partial charge on any atom is 0.253 e. The summed E-state index contributed by atoms with van der Waals surface area (Å²) in [5.41, 5.74) is 7.08. The lowest BCUT2D eigenvalue weighted by Crippen LogP contribution is -2.28. The van der Waals surface area contributed by atoms with Gasteiger partial charge < -0.3 is 16.4 Å². The molecule has 0 aliphatic rings. The van der Waals surface area contributed by atoms with E-state index in [4.69, 9.17) is 17.3 Å². The van der Waals surface area contributed by atoms with E-state index in [0.717, 1.165) is 5.56 Å². The van der Waals surface area contributed by atoms with E-state index in [1.807, 2.05) is 18.2 Å². The smallest absolute Gasteiger partial charge is 0.253 e. The van der Waals surface area contributed by atoms with Crippen LogP contribution < -0.4 is 16.4 Å². The normalized spacial score (nSPS) is 9.64. The third-order valence-corrected chi connectivity index (χ3v) is 3.52. The lowest BCUT2D eigenvalue weighted by atomic mass is 10.1. The molecule has 0 aliphatic heterocycles. The van der Waals surface area contributed by atoms with Gasteiger partial charge in [-0.15, -0.1) is 0 Å². The first-order valence-electron chi connectivity index (χ1n) is 7.70. The highest BCUT2D eigenvalue weighted by Crippen LogP contribution is 2.14. The first kappa shape index (κ1) is 18.4. The van der Waals surface area contributed by atoms with Crippen molar-refractivity contribution in [2.45, 2.75) is 6.42 Å². The molecule has 128 valence electrons. The number of carbonyl (C=O) groups excluding carboxylic acids is 2. The second kappa shape index (κ2) is 9.36.